The van der Waals surface area contributed by atoms with Crippen molar-refractivity contribution < 1.29 is 9.53 Å². The van der Waals surface area contributed by atoms with Crippen molar-refractivity contribution in [3.63, 3.8) is 0 Å². The molecule has 0 saturated heterocycles. The van der Waals surface area contributed by atoms with Gasteiger partial charge >= 0.3 is 0 Å². The van der Waals surface area contributed by atoms with E-state index in [1.807, 2.05) is 49.5 Å². The van der Waals surface area contributed by atoms with Crippen LogP contribution in [0.3, 0.4) is 0 Å². The van der Waals surface area contributed by atoms with E-state index in [0.29, 0.717) is 13.0 Å². The second-order valence-electron chi connectivity index (χ2n) is 5.91. The Kier molecular flexibility index (Phi) is 4.80. The predicted octanol–water partition coefficient (Wildman–Crippen LogP) is 4.05. The van der Waals surface area contributed by atoms with Crippen molar-refractivity contribution in [2.75, 3.05) is 14.2 Å². The van der Waals surface area contributed by atoms with Crippen LogP contribution in [0.5, 0.6) is 5.75 Å². The number of likely N-dealkylation sites (N-methyl/N-ethyl adjacent to an activating group) is 1. The van der Waals surface area contributed by atoms with Gasteiger partial charge in [0.1, 0.15) is 5.75 Å². The van der Waals surface area contributed by atoms with Crippen LogP contribution in [-0.2, 0) is 17.8 Å². The molecule has 0 saturated carbocycles. The molecule has 122 valence electrons. The summed E-state index contributed by atoms with van der Waals surface area (Å²) in [6, 6.07) is 22.1. The maximum Gasteiger partial charge on any atom is 0.227 e. The summed E-state index contributed by atoms with van der Waals surface area (Å²) in [6.07, 6.45) is 0.394. The molecule has 3 aromatic carbocycles. The Balaban J connectivity index is 1.71. The molecule has 0 atom stereocenters. The molecule has 3 heteroatoms. The number of hydrogen-bond acceptors (Lipinski definition) is 2. The first-order chi connectivity index (χ1) is 11.7. The van der Waals surface area contributed by atoms with Gasteiger partial charge in [0.25, 0.3) is 0 Å². The molecule has 3 aromatic rings. The summed E-state index contributed by atoms with van der Waals surface area (Å²) < 4.78 is 5.15. The van der Waals surface area contributed by atoms with E-state index in [-0.39, 0.29) is 5.91 Å². The lowest BCUT2D eigenvalue weighted by atomic mass is 10.0. The van der Waals surface area contributed by atoms with Gasteiger partial charge in [0.15, 0.2) is 0 Å². The number of benzene rings is 3. The molecule has 0 heterocycles. The van der Waals surface area contributed by atoms with Crippen LogP contribution < -0.4 is 4.74 Å². The molecule has 3 rings (SSSR count). The van der Waals surface area contributed by atoms with E-state index in [9.17, 15) is 4.79 Å². The zero-order chi connectivity index (χ0) is 16.9. The van der Waals surface area contributed by atoms with Gasteiger partial charge < -0.3 is 9.64 Å². The van der Waals surface area contributed by atoms with Crippen molar-refractivity contribution in [1.29, 1.82) is 0 Å². The van der Waals surface area contributed by atoms with E-state index in [4.69, 9.17) is 4.74 Å². The van der Waals surface area contributed by atoms with Gasteiger partial charge in [0.05, 0.1) is 13.5 Å². The zero-order valence-corrected chi connectivity index (χ0v) is 14.0. The number of hydrogen-bond donors (Lipinski definition) is 0. The Bertz CT molecular complexity index is 835. The van der Waals surface area contributed by atoms with E-state index in [0.717, 1.165) is 11.3 Å². The number of fused-ring (bicyclic) bond motifs is 1. The van der Waals surface area contributed by atoms with Crippen LogP contribution in [0.4, 0.5) is 0 Å². The second-order valence-corrected chi connectivity index (χ2v) is 5.91. The van der Waals surface area contributed by atoms with E-state index in [2.05, 4.69) is 24.3 Å². The third-order valence-corrected chi connectivity index (χ3v) is 4.23. The third-order valence-electron chi connectivity index (χ3n) is 4.23. The standard InChI is InChI=1S/C21H21NO2/c1-22(21(23)14-16-10-12-19(24-2)13-11-16)15-18-8-5-7-17-6-3-4-9-20(17)18/h3-13H,14-15H2,1-2H3. The second kappa shape index (κ2) is 7.18. The first-order valence-corrected chi connectivity index (χ1v) is 8.01. The average molecular weight is 319 g/mol. The first-order valence-electron chi connectivity index (χ1n) is 8.01. The lowest BCUT2D eigenvalue weighted by Gasteiger charge is -2.18. The van der Waals surface area contributed by atoms with Crippen molar-refractivity contribution >= 4 is 16.7 Å². The number of ether oxygens (including phenoxy) is 1. The summed E-state index contributed by atoms with van der Waals surface area (Å²) in [7, 11) is 3.49. The molecule has 0 aliphatic heterocycles. The summed E-state index contributed by atoms with van der Waals surface area (Å²) >= 11 is 0. The highest BCUT2D eigenvalue weighted by Crippen LogP contribution is 2.20. The van der Waals surface area contributed by atoms with E-state index in [1.165, 1.54) is 16.3 Å². The molecule has 24 heavy (non-hydrogen) atoms. The molecule has 0 aliphatic carbocycles. The molecule has 0 fully saturated rings. The number of rotatable bonds is 5. The van der Waals surface area contributed by atoms with Crippen molar-refractivity contribution in [1.82, 2.24) is 4.90 Å². The molecular weight excluding hydrogens is 298 g/mol. The van der Waals surface area contributed by atoms with Gasteiger partial charge in [-0.25, -0.2) is 0 Å². The highest BCUT2D eigenvalue weighted by molar-refractivity contribution is 5.86. The number of carbonyl (C=O) groups is 1. The molecular formula is C21H21NO2. The average Bonchev–Trinajstić information content (AvgIpc) is 2.62. The highest BCUT2D eigenvalue weighted by atomic mass is 16.5. The van der Waals surface area contributed by atoms with Gasteiger partial charge in [-0.15, -0.1) is 0 Å². The highest BCUT2D eigenvalue weighted by Gasteiger charge is 2.11. The van der Waals surface area contributed by atoms with Gasteiger partial charge in [-0.2, -0.15) is 0 Å². The van der Waals surface area contributed by atoms with Crippen LogP contribution >= 0.6 is 0 Å². The van der Waals surface area contributed by atoms with Gasteiger partial charge in [-0.1, -0.05) is 54.6 Å². The number of carbonyl (C=O) groups excluding carboxylic acids is 1. The molecule has 0 spiro atoms. The maximum atomic E-state index is 12.5. The third kappa shape index (κ3) is 3.57. The fourth-order valence-electron chi connectivity index (χ4n) is 2.83. The Labute approximate surface area is 142 Å². The smallest absolute Gasteiger partial charge is 0.227 e. The maximum absolute atomic E-state index is 12.5. The van der Waals surface area contributed by atoms with Crippen LogP contribution in [0.25, 0.3) is 10.8 Å². The van der Waals surface area contributed by atoms with Crippen molar-refractivity contribution in [3.05, 3.63) is 77.9 Å². The van der Waals surface area contributed by atoms with Crippen LogP contribution in [0.15, 0.2) is 66.7 Å². The number of amides is 1. The van der Waals surface area contributed by atoms with E-state index < -0.39 is 0 Å². The molecule has 1 amide bonds. The summed E-state index contributed by atoms with van der Waals surface area (Å²) in [5.41, 5.74) is 2.16. The molecule has 0 unspecified atom stereocenters. The monoisotopic (exact) mass is 319 g/mol. The number of nitrogens with zero attached hydrogens (tertiary/aromatic N) is 1. The fourth-order valence-corrected chi connectivity index (χ4v) is 2.83. The van der Waals surface area contributed by atoms with Gasteiger partial charge in [0, 0.05) is 13.6 Å². The molecule has 3 nitrogen and oxygen atoms in total. The molecule has 0 N–H and O–H groups in total. The molecule has 0 aromatic heterocycles. The van der Waals surface area contributed by atoms with Crippen molar-refractivity contribution in [2.45, 2.75) is 13.0 Å². The quantitative estimate of drug-likeness (QED) is 0.710. The summed E-state index contributed by atoms with van der Waals surface area (Å²) in [5, 5.41) is 2.40. The first kappa shape index (κ1) is 16.1. The Hall–Kier alpha value is -2.81. The minimum absolute atomic E-state index is 0.105. The Morgan fingerprint density at radius 1 is 0.958 bits per heavy atom. The van der Waals surface area contributed by atoms with Gasteiger partial charge in [-0.05, 0) is 34.0 Å². The topological polar surface area (TPSA) is 29.5 Å². The largest absolute Gasteiger partial charge is 0.497 e. The Morgan fingerprint density at radius 3 is 2.42 bits per heavy atom. The SMILES string of the molecule is COc1ccc(CC(=O)N(C)Cc2cccc3ccccc23)cc1. The summed E-state index contributed by atoms with van der Waals surface area (Å²) in [6.45, 7) is 0.607. The summed E-state index contributed by atoms with van der Waals surface area (Å²) in [4.78, 5) is 14.3. The lowest BCUT2D eigenvalue weighted by molar-refractivity contribution is -0.129. The minimum Gasteiger partial charge on any atom is -0.497 e. The van der Waals surface area contributed by atoms with Crippen LogP contribution in [0.2, 0.25) is 0 Å². The van der Waals surface area contributed by atoms with Crippen LogP contribution in [0, 0.1) is 0 Å². The molecule has 0 bridgehead atoms. The molecule has 0 aliphatic rings. The van der Waals surface area contributed by atoms with E-state index >= 15 is 0 Å². The van der Waals surface area contributed by atoms with Gasteiger partial charge in [-0.3, -0.25) is 4.79 Å². The fraction of sp³-hybridized carbons (Fsp3) is 0.190. The minimum atomic E-state index is 0.105. The predicted molar refractivity (Wildman–Crippen MR) is 97.1 cm³/mol. The zero-order valence-electron chi connectivity index (χ0n) is 14.0. The molecule has 0 radical (unpaired) electrons. The van der Waals surface area contributed by atoms with Crippen molar-refractivity contribution in [3.8, 4) is 5.75 Å². The Morgan fingerprint density at radius 2 is 1.67 bits per heavy atom. The normalized spacial score (nSPS) is 10.6. The lowest BCUT2D eigenvalue weighted by Crippen LogP contribution is -2.27. The van der Waals surface area contributed by atoms with E-state index in [1.54, 1.807) is 12.0 Å². The van der Waals surface area contributed by atoms with Crippen molar-refractivity contribution in [2.24, 2.45) is 0 Å². The van der Waals surface area contributed by atoms with Crippen LogP contribution in [-0.4, -0.2) is 25.0 Å². The van der Waals surface area contributed by atoms with Gasteiger partial charge in [0.2, 0.25) is 5.91 Å². The summed E-state index contributed by atoms with van der Waals surface area (Å²) in [5.74, 6) is 0.906. The number of methoxy groups -OCH3 is 1. The van der Waals surface area contributed by atoms with Crippen LogP contribution in [0.1, 0.15) is 11.1 Å².